The molecular weight excluding hydrogens is 556 g/mol. The number of nitrogens with two attached hydrogens (primary N) is 3. The van der Waals surface area contributed by atoms with Gasteiger partial charge in [0.25, 0.3) is 0 Å². The maximum Gasteiger partial charge on any atom is 0.326 e. The molecule has 4 unspecified atom stereocenters. The van der Waals surface area contributed by atoms with Crippen molar-refractivity contribution in [2.45, 2.75) is 49.9 Å². The van der Waals surface area contributed by atoms with E-state index in [1.165, 1.54) is 0 Å². The molecule has 43 heavy (non-hydrogen) atoms. The van der Waals surface area contributed by atoms with Crippen LogP contribution < -0.4 is 33.2 Å². The number of para-hydroxylation sites is 1. The van der Waals surface area contributed by atoms with Crippen molar-refractivity contribution in [2.24, 2.45) is 22.2 Å². The van der Waals surface area contributed by atoms with Gasteiger partial charge in [-0.1, -0.05) is 48.5 Å². The van der Waals surface area contributed by atoms with Crippen molar-refractivity contribution in [1.82, 2.24) is 20.9 Å². The number of aromatic nitrogens is 1. The fourth-order valence-electron chi connectivity index (χ4n) is 4.47. The first-order valence-electron chi connectivity index (χ1n) is 13.7. The number of fused-ring (bicyclic) bond motifs is 1. The van der Waals surface area contributed by atoms with Gasteiger partial charge in [0.2, 0.25) is 17.7 Å². The molecule has 3 rings (SSSR count). The molecule has 3 amide bonds. The van der Waals surface area contributed by atoms with E-state index in [-0.39, 0.29) is 38.2 Å². The molecule has 0 saturated heterocycles. The summed E-state index contributed by atoms with van der Waals surface area (Å²) in [5.41, 5.74) is 19.2. The minimum absolute atomic E-state index is 0.0141. The predicted octanol–water partition coefficient (Wildman–Crippen LogP) is -1.13. The van der Waals surface area contributed by atoms with Crippen LogP contribution in [0.5, 0.6) is 0 Å². The topological polar surface area (TPSA) is 251 Å². The van der Waals surface area contributed by atoms with Crippen LogP contribution in [0.2, 0.25) is 0 Å². The molecule has 14 nitrogen and oxygen atoms in total. The summed E-state index contributed by atoms with van der Waals surface area (Å²) in [7, 11) is 0. The van der Waals surface area contributed by atoms with Crippen molar-refractivity contribution in [3.05, 3.63) is 71.9 Å². The molecule has 0 bridgehead atoms. The zero-order valence-corrected chi connectivity index (χ0v) is 23.5. The molecule has 230 valence electrons. The number of carbonyl (C=O) groups is 4. The van der Waals surface area contributed by atoms with Crippen LogP contribution in [-0.4, -0.2) is 82.2 Å². The first kappa shape index (κ1) is 32.6. The van der Waals surface area contributed by atoms with E-state index in [0.717, 1.165) is 16.5 Å². The SMILES string of the molecule is NC(N)=NCCCC(NC(=O)C(CO)NC(=O)C(N)Cc1c[nH]c2ccccc12)C(=O)NC(Cc1ccccc1)C(=O)O. The van der Waals surface area contributed by atoms with Gasteiger partial charge in [-0.3, -0.25) is 19.4 Å². The maximum atomic E-state index is 13.2. The summed E-state index contributed by atoms with van der Waals surface area (Å²) in [5, 5.41) is 27.9. The van der Waals surface area contributed by atoms with Crippen LogP contribution in [0.1, 0.15) is 24.0 Å². The second-order valence-electron chi connectivity index (χ2n) is 10.0. The number of hydrogen-bond donors (Lipinski definition) is 9. The van der Waals surface area contributed by atoms with Gasteiger partial charge >= 0.3 is 5.97 Å². The van der Waals surface area contributed by atoms with E-state index >= 15 is 0 Å². The lowest BCUT2D eigenvalue weighted by Gasteiger charge is -2.24. The number of aromatic amines is 1. The lowest BCUT2D eigenvalue weighted by atomic mass is 10.0. The molecule has 0 spiro atoms. The molecular formula is C29H38N8O6. The van der Waals surface area contributed by atoms with Crippen LogP contribution in [0.3, 0.4) is 0 Å². The minimum atomic E-state index is -1.42. The summed E-state index contributed by atoms with van der Waals surface area (Å²) in [6, 6.07) is 11.3. The van der Waals surface area contributed by atoms with Crippen LogP contribution in [0.15, 0.2) is 65.8 Å². The van der Waals surface area contributed by atoms with Gasteiger partial charge in [0.05, 0.1) is 12.6 Å². The number of aliphatic hydroxyl groups excluding tert-OH is 1. The number of carboxylic acids is 1. The van der Waals surface area contributed by atoms with Gasteiger partial charge in [-0.2, -0.15) is 0 Å². The van der Waals surface area contributed by atoms with E-state index in [1.807, 2.05) is 24.3 Å². The van der Waals surface area contributed by atoms with Gasteiger partial charge in [-0.15, -0.1) is 0 Å². The molecule has 0 saturated carbocycles. The van der Waals surface area contributed by atoms with Crippen LogP contribution >= 0.6 is 0 Å². The number of aliphatic imine (C=N–C) groups is 1. The molecule has 3 aromatic rings. The molecule has 14 heteroatoms. The highest BCUT2D eigenvalue weighted by Gasteiger charge is 2.30. The Kier molecular flexibility index (Phi) is 12.0. The number of carbonyl (C=O) groups excluding carboxylic acids is 3. The highest BCUT2D eigenvalue weighted by Crippen LogP contribution is 2.18. The predicted molar refractivity (Wildman–Crippen MR) is 161 cm³/mol. The van der Waals surface area contributed by atoms with Crippen molar-refractivity contribution in [2.75, 3.05) is 13.2 Å². The number of nitrogens with one attached hydrogen (secondary N) is 4. The first-order chi connectivity index (χ1) is 20.6. The quantitative estimate of drug-likeness (QED) is 0.0551. The summed E-state index contributed by atoms with van der Waals surface area (Å²) >= 11 is 0. The Morgan fingerprint density at radius 3 is 2.14 bits per heavy atom. The maximum absolute atomic E-state index is 13.2. The zero-order chi connectivity index (χ0) is 31.4. The number of amides is 3. The summed E-state index contributed by atoms with van der Waals surface area (Å²) in [6.07, 6.45) is 2.24. The molecule has 0 aliphatic rings. The van der Waals surface area contributed by atoms with Gasteiger partial charge in [0.1, 0.15) is 18.1 Å². The molecule has 4 atom stereocenters. The fourth-order valence-corrected chi connectivity index (χ4v) is 4.47. The Morgan fingerprint density at radius 2 is 1.47 bits per heavy atom. The monoisotopic (exact) mass is 594 g/mol. The summed E-state index contributed by atoms with van der Waals surface area (Å²) < 4.78 is 0. The van der Waals surface area contributed by atoms with Crippen LogP contribution in [0, 0.1) is 0 Å². The number of nitrogens with zero attached hydrogens (tertiary/aromatic N) is 1. The molecule has 0 aliphatic carbocycles. The summed E-state index contributed by atoms with van der Waals surface area (Å²) in [4.78, 5) is 58.0. The van der Waals surface area contributed by atoms with Crippen molar-refractivity contribution in [1.29, 1.82) is 0 Å². The summed E-state index contributed by atoms with van der Waals surface area (Å²) in [5.74, 6) is -3.70. The second kappa shape index (κ2) is 15.9. The molecule has 1 heterocycles. The van der Waals surface area contributed by atoms with E-state index in [2.05, 4.69) is 25.9 Å². The van der Waals surface area contributed by atoms with Crippen LogP contribution in [0.4, 0.5) is 0 Å². The Bertz CT molecular complexity index is 1420. The van der Waals surface area contributed by atoms with Crippen LogP contribution in [0.25, 0.3) is 10.9 Å². The number of rotatable bonds is 16. The Morgan fingerprint density at radius 1 is 0.837 bits per heavy atom. The first-order valence-corrected chi connectivity index (χ1v) is 13.7. The number of aliphatic carboxylic acids is 1. The minimum Gasteiger partial charge on any atom is -0.480 e. The number of H-pyrrole nitrogens is 1. The van der Waals surface area contributed by atoms with Crippen molar-refractivity contribution < 1.29 is 29.4 Å². The smallest absolute Gasteiger partial charge is 0.326 e. The third-order valence-corrected chi connectivity index (χ3v) is 6.74. The third-order valence-electron chi connectivity index (χ3n) is 6.74. The Labute approximate surface area is 248 Å². The molecule has 2 aromatic carbocycles. The second-order valence-corrected chi connectivity index (χ2v) is 10.0. The van der Waals surface area contributed by atoms with Crippen molar-refractivity contribution in [3.63, 3.8) is 0 Å². The summed E-state index contributed by atoms with van der Waals surface area (Å²) in [6.45, 7) is -0.622. The van der Waals surface area contributed by atoms with E-state index in [9.17, 15) is 29.4 Å². The molecule has 0 fully saturated rings. The Hall–Kier alpha value is -4.95. The third kappa shape index (κ3) is 9.83. The average Bonchev–Trinajstić information content (AvgIpc) is 3.39. The van der Waals surface area contributed by atoms with E-state index in [0.29, 0.717) is 5.56 Å². The number of aliphatic hydroxyl groups is 1. The van der Waals surface area contributed by atoms with Gasteiger partial charge in [-0.05, 0) is 36.5 Å². The van der Waals surface area contributed by atoms with Gasteiger partial charge in [-0.25, -0.2) is 4.79 Å². The van der Waals surface area contributed by atoms with Gasteiger partial charge in [0.15, 0.2) is 5.96 Å². The Balaban J connectivity index is 1.66. The molecule has 1 aromatic heterocycles. The standard InChI is InChI=1S/C29H38N8O6/c30-20(14-18-15-34-21-10-5-4-9-19(18)21)25(39)37-24(16-38)27(41)35-22(11-6-12-33-29(31)32)26(40)36-23(28(42)43)13-17-7-2-1-3-8-17/h1-5,7-10,15,20,22-24,34,38H,6,11-14,16,30H2,(H,35,41)(H,36,40)(H,37,39)(H,42,43)(H4,31,32,33). The lowest BCUT2D eigenvalue weighted by molar-refractivity contribution is -0.142. The van der Waals surface area contributed by atoms with Crippen molar-refractivity contribution in [3.8, 4) is 0 Å². The molecule has 12 N–H and O–H groups in total. The highest BCUT2D eigenvalue weighted by molar-refractivity contribution is 5.94. The van der Waals surface area contributed by atoms with Crippen LogP contribution in [-0.2, 0) is 32.0 Å². The van der Waals surface area contributed by atoms with Gasteiger partial charge < -0.3 is 48.3 Å². The van der Waals surface area contributed by atoms with E-state index in [1.54, 1.807) is 36.5 Å². The van der Waals surface area contributed by atoms with Gasteiger partial charge in [0, 0.05) is 30.1 Å². The fraction of sp³-hybridized carbons (Fsp3) is 0.345. The number of benzene rings is 2. The zero-order valence-electron chi connectivity index (χ0n) is 23.5. The molecule has 0 aliphatic heterocycles. The average molecular weight is 595 g/mol. The molecule has 0 radical (unpaired) electrons. The number of hydrogen-bond acceptors (Lipinski definition) is 7. The number of carboxylic acid groups (broad SMARTS) is 1. The lowest BCUT2D eigenvalue weighted by Crippen LogP contribution is -2.58. The normalized spacial score (nSPS) is 13.7. The highest BCUT2D eigenvalue weighted by atomic mass is 16.4. The van der Waals surface area contributed by atoms with E-state index in [4.69, 9.17) is 17.2 Å². The van der Waals surface area contributed by atoms with E-state index < -0.39 is 54.5 Å². The largest absolute Gasteiger partial charge is 0.480 e. The van der Waals surface area contributed by atoms with Crippen molar-refractivity contribution >= 4 is 40.6 Å². The number of guanidine groups is 1.